The number of hydrogen-bond donors (Lipinski definition) is 2. The molecule has 2 N–H and O–H groups in total. The van der Waals surface area contributed by atoms with Crippen LogP contribution in [0.15, 0.2) is 54.9 Å². The molecule has 0 spiro atoms. The third-order valence-corrected chi connectivity index (χ3v) is 4.15. The van der Waals surface area contributed by atoms with E-state index < -0.39 is 10.0 Å². The highest BCUT2D eigenvalue weighted by Gasteiger charge is 2.05. The Morgan fingerprint density at radius 3 is 2.35 bits per heavy atom. The first kappa shape index (κ1) is 17.8. The summed E-state index contributed by atoms with van der Waals surface area (Å²) >= 11 is 0. The van der Waals surface area contributed by atoms with Crippen LogP contribution < -0.4 is 10.0 Å². The zero-order chi connectivity index (χ0) is 18.6. The molecule has 0 fully saturated rings. The zero-order valence-electron chi connectivity index (χ0n) is 14.5. The molecule has 0 aliphatic heterocycles. The first-order valence-electron chi connectivity index (χ1n) is 7.96. The first-order valence-corrected chi connectivity index (χ1v) is 9.85. The summed E-state index contributed by atoms with van der Waals surface area (Å²) in [6.07, 6.45) is 4.58. The largest absolute Gasteiger partial charge is 0.366 e. The van der Waals surface area contributed by atoms with Gasteiger partial charge in [0, 0.05) is 36.3 Å². The molecule has 0 aliphatic carbocycles. The number of aryl methyl sites for hydroxylation is 1. The molecule has 1 aromatic carbocycles. The number of benzene rings is 1. The Kier molecular flexibility index (Phi) is 5.13. The lowest BCUT2D eigenvalue weighted by atomic mass is 10.2. The summed E-state index contributed by atoms with van der Waals surface area (Å²) in [4.78, 5) is 12.9. The van der Waals surface area contributed by atoms with Gasteiger partial charge in [-0.25, -0.2) is 18.4 Å². The molecule has 3 rings (SSSR count). The number of anilines is 2. The second kappa shape index (κ2) is 7.49. The number of aromatic nitrogens is 3. The summed E-state index contributed by atoms with van der Waals surface area (Å²) in [7, 11) is -3.27. The van der Waals surface area contributed by atoms with Gasteiger partial charge in [-0.1, -0.05) is 12.1 Å². The number of pyridine rings is 1. The fraction of sp³-hybridized carbons (Fsp3) is 0.167. The van der Waals surface area contributed by atoms with E-state index in [4.69, 9.17) is 0 Å². The highest BCUT2D eigenvalue weighted by Crippen LogP contribution is 2.19. The lowest BCUT2D eigenvalue weighted by Gasteiger charge is -2.10. The minimum absolute atomic E-state index is 0.536. The molecule has 2 aromatic heterocycles. The summed E-state index contributed by atoms with van der Waals surface area (Å²) in [5.74, 6) is 1.40. The number of hydrogen-bond acceptors (Lipinski definition) is 6. The van der Waals surface area contributed by atoms with Gasteiger partial charge in [-0.05, 0) is 36.8 Å². The molecule has 7 nitrogen and oxygen atoms in total. The lowest BCUT2D eigenvalue weighted by molar-refractivity contribution is 0.607. The molecule has 0 saturated heterocycles. The molecular formula is C18H19N5O2S. The second-order valence-corrected chi connectivity index (χ2v) is 7.59. The van der Waals surface area contributed by atoms with Gasteiger partial charge >= 0.3 is 0 Å². The van der Waals surface area contributed by atoms with E-state index in [1.54, 1.807) is 24.5 Å². The molecule has 2 heterocycles. The second-order valence-electron chi connectivity index (χ2n) is 5.85. The van der Waals surface area contributed by atoms with Gasteiger partial charge in [-0.2, -0.15) is 0 Å². The van der Waals surface area contributed by atoms with E-state index in [1.807, 2.05) is 37.3 Å². The smallest absolute Gasteiger partial charge is 0.229 e. The van der Waals surface area contributed by atoms with Crippen LogP contribution in [0.25, 0.3) is 11.3 Å². The normalized spacial score (nSPS) is 11.2. The quantitative estimate of drug-likeness (QED) is 0.693. The molecule has 0 radical (unpaired) electrons. The van der Waals surface area contributed by atoms with Gasteiger partial charge in [0.05, 0.1) is 11.9 Å². The number of nitrogens with one attached hydrogen (secondary N) is 2. The minimum Gasteiger partial charge on any atom is -0.366 e. The predicted molar refractivity (Wildman–Crippen MR) is 102 cm³/mol. The highest BCUT2D eigenvalue weighted by atomic mass is 32.2. The molecule has 134 valence electrons. The van der Waals surface area contributed by atoms with E-state index in [9.17, 15) is 8.42 Å². The van der Waals surface area contributed by atoms with Gasteiger partial charge in [-0.3, -0.25) is 9.71 Å². The molecule has 0 amide bonds. The van der Waals surface area contributed by atoms with Crippen molar-refractivity contribution in [1.82, 2.24) is 15.0 Å². The van der Waals surface area contributed by atoms with Crippen molar-refractivity contribution in [3.63, 3.8) is 0 Å². The molecule has 0 bridgehead atoms. The summed E-state index contributed by atoms with van der Waals surface area (Å²) in [6, 6.07) is 12.9. The van der Waals surface area contributed by atoms with E-state index in [2.05, 4.69) is 25.0 Å². The van der Waals surface area contributed by atoms with Crippen molar-refractivity contribution in [3.05, 3.63) is 66.2 Å². The Balaban J connectivity index is 1.71. The van der Waals surface area contributed by atoms with Crippen LogP contribution in [-0.4, -0.2) is 29.6 Å². The Morgan fingerprint density at radius 1 is 1.00 bits per heavy atom. The van der Waals surface area contributed by atoms with Crippen LogP contribution in [-0.2, 0) is 16.6 Å². The Morgan fingerprint density at radius 2 is 1.69 bits per heavy atom. The van der Waals surface area contributed by atoms with Crippen molar-refractivity contribution in [2.24, 2.45) is 0 Å². The van der Waals surface area contributed by atoms with Crippen molar-refractivity contribution in [3.8, 4) is 11.3 Å². The Labute approximate surface area is 152 Å². The first-order chi connectivity index (χ1) is 12.4. The third kappa shape index (κ3) is 5.00. The number of sulfonamides is 1. The average molecular weight is 369 g/mol. The van der Waals surface area contributed by atoms with Gasteiger partial charge in [0.25, 0.3) is 0 Å². The summed E-state index contributed by atoms with van der Waals surface area (Å²) in [5.41, 5.74) is 3.35. The fourth-order valence-electron chi connectivity index (χ4n) is 2.43. The molecular weight excluding hydrogens is 350 g/mol. The minimum atomic E-state index is -3.27. The van der Waals surface area contributed by atoms with E-state index in [-0.39, 0.29) is 0 Å². The van der Waals surface area contributed by atoms with Gasteiger partial charge in [0.15, 0.2) is 0 Å². The van der Waals surface area contributed by atoms with Crippen LogP contribution in [0.4, 0.5) is 11.5 Å². The van der Waals surface area contributed by atoms with Crippen LogP contribution in [0, 0.1) is 6.92 Å². The summed E-state index contributed by atoms with van der Waals surface area (Å²) in [6.45, 7) is 2.41. The van der Waals surface area contributed by atoms with E-state index in [0.29, 0.717) is 18.1 Å². The molecule has 0 unspecified atom stereocenters. The van der Waals surface area contributed by atoms with Gasteiger partial charge in [-0.15, -0.1) is 0 Å². The molecule has 8 heteroatoms. The van der Waals surface area contributed by atoms with E-state index in [0.717, 1.165) is 28.9 Å². The van der Waals surface area contributed by atoms with Crippen LogP contribution in [0.3, 0.4) is 0 Å². The van der Waals surface area contributed by atoms with E-state index in [1.165, 1.54) is 0 Å². The van der Waals surface area contributed by atoms with Gasteiger partial charge in [0.1, 0.15) is 11.6 Å². The topological polar surface area (TPSA) is 96.9 Å². The van der Waals surface area contributed by atoms with Crippen molar-refractivity contribution in [1.29, 1.82) is 0 Å². The number of nitrogens with zero attached hydrogens (tertiary/aromatic N) is 3. The van der Waals surface area contributed by atoms with Crippen molar-refractivity contribution in [2.75, 3.05) is 16.3 Å². The molecule has 26 heavy (non-hydrogen) atoms. The zero-order valence-corrected chi connectivity index (χ0v) is 15.3. The van der Waals surface area contributed by atoms with Crippen molar-refractivity contribution < 1.29 is 8.42 Å². The predicted octanol–water partition coefficient (Wildman–Crippen LogP) is 2.83. The van der Waals surface area contributed by atoms with Gasteiger partial charge in [0.2, 0.25) is 10.0 Å². The van der Waals surface area contributed by atoms with Crippen molar-refractivity contribution >= 4 is 21.5 Å². The summed E-state index contributed by atoms with van der Waals surface area (Å²) < 4.78 is 24.9. The summed E-state index contributed by atoms with van der Waals surface area (Å²) in [5, 5.41) is 3.27. The molecule has 0 aliphatic rings. The standard InChI is InChI=1S/C18H19N5O2S/c1-13-21-17(15-7-9-19-10-8-15)11-18(22-13)20-12-14-3-5-16(6-4-14)23-26(2,24)25/h3-11,23H,12H2,1-2H3,(H,20,21,22). The molecule has 0 atom stereocenters. The maximum atomic E-state index is 11.2. The number of rotatable bonds is 6. The van der Waals surface area contributed by atoms with Crippen molar-refractivity contribution in [2.45, 2.75) is 13.5 Å². The van der Waals surface area contributed by atoms with Crippen LogP contribution in [0.1, 0.15) is 11.4 Å². The maximum absolute atomic E-state index is 11.2. The van der Waals surface area contributed by atoms with Crippen LogP contribution >= 0.6 is 0 Å². The lowest BCUT2D eigenvalue weighted by Crippen LogP contribution is -2.09. The molecule has 0 saturated carbocycles. The average Bonchev–Trinajstić information content (AvgIpc) is 2.60. The monoisotopic (exact) mass is 369 g/mol. The molecule has 3 aromatic rings. The van der Waals surface area contributed by atoms with Gasteiger partial charge < -0.3 is 5.32 Å². The van der Waals surface area contributed by atoms with Crippen LogP contribution in [0.5, 0.6) is 0 Å². The highest BCUT2D eigenvalue weighted by molar-refractivity contribution is 7.92. The Hall–Kier alpha value is -3.00. The van der Waals surface area contributed by atoms with Crippen LogP contribution in [0.2, 0.25) is 0 Å². The van der Waals surface area contributed by atoms with E-state index >= 15 is 0 Å². The fourth-order valence-corrected chi connectivity index (χ4v) is 2.99. The SMILES string of the molecule is Cc1nc(NCc2ccc(NS(C)(=O)=O)cc2)cc(-c2ccncc2)n1. The maximum Gasteiger partial charge on any atom is 0.229 e. The Bertz CT molecular complexity index is 990. The third-order valence-electron chi connectivity index (χ3n) is 3.54.